The molecule has 0 amide bonds. The number of hydrogen-bond donors (Lipinski definition) is 0. The van der Waals surface area contributed by atoms with E-state index in [1.54, 1.807) is 0 Å². The van der Waals surface area contributed by atoms with Crippen molar-refractivity contribution in [3.63, 3.8) is 0 Å². The fourth-order valence-electron chi connectivity index (χ4n) is 1.23. The normalized spacial score (nSPS) is 11.3. The number of ether oxygens (including phenoxy) is 1. The smallest absolute Gasteiger partial charge is 0.465 e. The summed E-state index contributed by atoms with van der Waals surface area (Å²) in [6, 6.07) is 3.92. The third-order valence-corrected chi connectivity index (χ3v) is 2.59. The van der Waals surface area contributed by atoms with Gasteiger partial charge >= 0.3 is 12.9 Å². The summed E-state index contributed by atoms with van der Waals surface area (Å²) in [6.45, 7) is -4.90. The number of halogens is 4. The Balaban J connectivity index is 3.03. The summed E-state index contributed by atoms with van der Waals surface area (Å²) in [7, 11) is 1.18. The fraction of sp³-hybridized carbons (Fsp3) is 0.222. The molecule has 0 spiro atoms. The highest BCUT2D eigenvalue weighted by Crippen LogP contribution is 2.22. The van der Waals surface area contributed by atoms with Gasteiger partial charge in [0.15, 0.2) is 0 Å². The third-order valence-electron chi connectivity index (χ3n) is 1.90. The van der Waals surface area contributed by atoms with E-state index in [-0.39, 0.29) is 11.1 Å². The first kappa shape index (κ1) is 13.1. The van der Waals surface area contributed by atoms with Crippen LogP contribution in [0.25, 0.3) is 0 Å². The first-order valence-electron chi connectivity index (χ1n) is 4.41. The number of benzene rings is 1. The standard InChI is InChI=1S/C9H8BBrF3O2/c1-16-9(15)7-4-6(2-3-8(7)11)5-10(12,13)14/h2-4H,5H2,1H3/q-1. The number of rotatable bonds is 3. The lowest BCUT2D eigenvalue weighted by molar-refractivity contribution is 0.0599. The van der Waals surface area contributed by atoms with Crippen molar-refractivity contribution in [3.05, 3.63) is 33.8 Å². The van der Waals surface area contributed by atoms with Gasteiger partial charge in [-0.1, -0.05) is 17.9 Å². The highest BCUT2D eigenvalue weighted by molar-refractivity contribution is 9.10. The van der Waals surface area contributed by atoms with Crippen LogP contribution in [0.5, 0.6) is 0 Å². The molecule has 0 aliphatic carbocycles. The van der Waals surface area contributed by atoms with Crippen LogP contribution in [0.15, 0.2) is 22.7 Å². The van der Waals surface area contributed by atoms with Crippen LogP contribution in [0.4, 0.5) is 12.9 Å². The van der Waals surface area contributed by atoms with Crippen LogP contribution in [-0.2, 0) is 11.1 Å². The van der Waals surface area contributed by atoms with Crippen LogP contribution >= 0.6 is 15.9 Å². The van der Waals surface area contributed by atoms with E-state index in [1.165, 1.54) is 25.3 Å². The second-order valence-electron chi connectivity index (χ2n) is 3.22. The van der Waals surface area contributed by atoms with Crippen LogP contribution in [0, 0.1) is 0 Å². The van der Waals surface area contributed by atoms with Gasteiger partial charge in [0.05, 0.1) is 12.7 Å². The van der Waals surface area contributed by atoms with E-state index in [0.717, 1.165) is 0 Å². The minimum atomic E-state index is -4.90. The van der Waals surface area contributed by atoms with Crippen molar-refractivity contribution in [2.45, 2.75) is 6.32 Å². The first-order chi connectivity index (χ1) is 7.33. The molecule has 1 rings (SSSR count). The van der Waals surface area contributed by atoms with Gasteiger partial charge in [-0.25, -0.2) is 4.79 Å². The Kier molecular flexibility index (Phi) is 4.01. The zero-order chi connectivity index (χ0) is 12.3. The van der Waals surface area contributed by atoms with E-state index >= 15 is 0 Å². The number of hydrogen-bond acceptors (Lipinski definition) is 2. The van der Waals surface area contributed by atoms with Crippen LogP contribution in [0.1, 0.15) is 15.9 Å². The van der Waals surface area contributed by atoms with Crippen LogP contribution in [0.3, 0.4) is 0 Å². The van der Waals surface area contributed by atoms with Crippen molar-refractivity contribution in [1.29, 1.82) is 0 Å². The lowest BCUT2D eigenvalue weighted by Crippen LogP contribution is -2.19. The monoisotopic (exact) mass is 295 g/mol. The molecule has 1 aromatic rings. The van der Waals surface area contributed by atoms with Crippen molar-refractivity contribution >= 4 is 28.9 Å². The molecule has 7 heteroatoms. The van der Waals surface area contributed by atoms with Crippen LogP contribution < -0.4 is 0 Å². The summed E-state index contributed by atoms with van der Waals surface area (Å²) >= 11 is 3.07. The topological polar surface area (TPSA) is 26.3 Å². The molecule has 0 saturated carbocycles. The van der Waals surface area contributed by atoms with Crippen LogP contribution in [-0.4, -0.2) is 20.1 Å². The molecule has 16 heavy (non-hydrogen) atoms. The summed E-state index contributed by atoms with van der Waals surface area (Å²) in [6.07, 6.45) is -1.00. The van der Waals surface area contributed by atoms with Gasteiger partial charge in [0.1, 0.15) is 0 Å². The quantitative estimate of drug-likeness (QED) is 0.632. The lowest BCUT2D eigenvalue weighted by Gasteiger charge is -2.14. The van der Waals surface area contributed by atoms with Gasteiger partial charge in [0, 0.05) is 4.47 Å². The summed E-state index contributed by atoms with van der Waals surface area (Å²) in [4.78, 5) is 11.2. The number of esters is 1. The molecule has 0 aromatic heterocycles. The fourth-order valence-corrected chi connectivity index (χ4v) is 1.64. The second kappa shape index (κ2) is 4.90. The van der Waals surface area contributed by atoms with Gasteiger partial charge in [-0.3, -0.25) is 0 Å². The van der Waals surface area contributed by atoms with E-state index in [0.29, 0.717) is 4.47 Å². The molecule has 0 radical (unpaired) electrons. The summed E-state index contributed by atoms with van der Waals surface area (Å²) in [5.41, 5.74) is 0.149. The molecule has 0 unspecified atom stereocenters. The van der Waals surface area contributed by atoms with Crippen molar-refractivity contribution in [3.8, 4) is 0 Å². The minimum absolute atomic E-state index is 0.0519. The average molecular weight is 296 g/mol. The summed E-state index contributed by atoms with van der Waals surface area (Å²) in [5, 5.41) is 0. The van der Waals surface area contributed by atoms with Gasteiger partial charge in [0.2, 0.25) is 0 Å². The summed E-state index contributed by atoms with van der Waals surface area (Å²) in [5.74, 6) is -0.664. The molecule has 0 aliphatic rings. The third kappa shape index (κ3) is 3.55. The zero-order valence-electron chi connectivity index (χ0n) is 8.34. The maximum Gasteiger partial charge on any atom is 0.482 e. The number of carbonyl (C=O) groups is 1. The molecule has 0 fully saturated rings. The molecular formula is C9H8BBrF3O2-. The van der Waals surface area contributed by atoms with Gasteiger partial charge in [-0.2, -0.15) is 0 Å². The van der Waals surface area contributed by atoms with Gasteiger partial charge in [-0.05, 0) is 28.1 Å². The highest BCUT2D eigenvalue weighted by atomic mass is 79.9. The lowest BCUT2D eigenvalue weighted by atomic mass is 9.81. The molecule has 0 bridgehead atoms. The molecule has 0 atom stereocenters. The predicted octanol–water partition coefficient (Wildman–Crippen LogP) is 3.16. The Hall–Kier alpha value is -0.975. The van der Waals surface area contributed by atoms with E-state index in [4.69, 9.17) is 0 Å². The van der Waals surface area contributed by atoms with E-state index < -0.39 is 19.3 Å². The summed E-state index contributed by atoms with van der Waals surface area (Å²) < 4.78 is 41.4. The van der Waals surface area contributed by atoms with Crippen molar-refractivity contribution < 1.29 is 22.5 Å². The molecule has 1 aromatic carbocycles. The van der Waals surface area contributed by atoms with E-state index in [9.17, 15) is 17.7 Å². The second-order valence-corrected chi connectivity index (χ2v) is 4.07. The Bertz CT molecular complexity index is 406. The number of methoxy groups -OCH3 is 1. The molecule has 0 saturated heterocycles. The molecule has 0 N–H and O–H groups in total. The number of carbonyl (C=O) groups excluding carboxylic acids is 1. The van der Waals surface area contributed by atoms with Gasteiger partial charge in [0.25, 0.3) is 0 Å². The van der Waals surface area contributed by atoms with Crippen molar-refractivity contribution in [2.24, 2.45) is 0 Å². The van der Waals surface area contributed by atoms with Crippen molar-refractivity contribution in [1.82, 2.24) is 0 Å². The molecule has 2 nitrogen and oxygen atoms in total. The Labute approximate surface area is 99.0 Å². The Morgan fingerprint density at radius 2 is 2.06 bits per heavy atom. The Morgan fingerprint density at radius 3 is 2.56 bits per heavy atom. The molecule has 88 valence electrons. The highest BCUT2D eigenvalue weighted by Gasteiger charge is 2.24. The van der Waals surface area contributed by atoms with E-state index in [1.807, 2.05) is 0 Å². The average Bonchev–Trinajstić information content (AvgIpc) is 2.18. The van der Waals surface area contributed by atoms with Crippen molar-refractivity contribution in [2.75, 3.05) is 7.11 Å². The zero-order valence-corrected chi connectivity index (χ0v) is 9.93. The SMILES string of the molecule is COC(=O)c1cc(C[B-](F)(F)F)ccc1Br. The minimum Gasteiger partial charge on any atom is -0.465 e. The van der Waals surface area contributed by atoms with Gasteiger partial charge < -0.3 is 17.7 Å². The van der Waals surface area contributed by atoms with Gasteiger partial charge in [-0.15, -0.1) is 0 Å². The molecule has 0 heterocycles. The molecule has 0 aliphatic heterocycles. The predicted molar refractivity (Wildman–Crippen MR) is 58.3 cm³/mol. The maximum atomic E-state index is 12.2. The maximum absolute atomic E-state index is 12.2. The first-order valence-corrected chi connectivity index (χ1v) is 5.20. The largest absolute Gasteiger partial charge is 0.482 e. The molecular weight excluding hydrogens is 288 g/mol. The van der Waals surface area contributed by atoms with Crippen LogP contribution in [0.2, 0.25) is 0 Å². The Morgan fingerprint density at radius 1 is 1.44 bits per heavy atom. The van der Waals surface area contributed by atoms with E-state index in [2.05, 4.69) is 20.7 Å².